The van der Waals surface area contributed by atoms with E-state index in [1.165, 1.54) is 0 Å². The highest BCUT2D eigenvalue weighted by Gasteiger charge is 2.29. The third kappa shape index (κ3) is 7.58. The minimum absolute atomic E-state index is 0.0183. The Hall–Kier alpha value is -3.43. The molecule has 210 valence electrons. The molecule has 1 aliphatic rings. The van der Waals surface area contributed by atoms with Crippen molar-refractivity contribution in [3.8, 4) is 0 Å². The first-order chi connectivity index (χ1) is 19.0. The number of ether oxygens (including phenoxy) is 1. The number of piperidine rings is 1. The molecular weight excluding hydrogens is 492 g/mol. The highest BCUT2D eigenvalue weighted by molar-refractivity contribution is 5.90. The molecule has 0 aliphatic carbocycles. The zero-order chi connectivity index (χ0) is 27.6. The summed E-state index contributed by atoms with van der Waals surface area (Å²) in [5, 5.41) is 5.73. The fourth-order valence-electron chi connectivity index (χ4n) is 5.37. The number of para-hydroxylation sites is 3. The fourth-order valence-corrected chi connectivity index (χ4v) is 5.37. The molecule has 9 nitrogen and oxygen atoms in total. The number of carbonyl (C=O) groups is 2. The second-order valence-corrected chi connectivity index (χ2v) is 10.3. The summed E-state index contributed by atoms with van der Waals surface area (Å²) in [5.74, 6) is 1.22. The number of urea groups is 1. The van der Waals surface area contributed by atoms with E-state index in [2.05, 4.69) is 28.2 Å². The van der Waals surface area contributed by atoms with E-state index in [9.17, 15) is 9.59 Å². The van der Waals surface area contributed by atoms with Gasteiger partial charge in [-0.25, -0.2) is 9.78 Å². The molecule has 2 heterocycles. The van der Waals surface area contributed by atoms with Crippen LogP contribution in [0.4, 0.5) is 10.5 Å². The average molecular weight is 535 g/mol. The van der Waals surface area contributed by atoms with Crippen LogP contribution in [0.1, 0.15) is 56.3 Å². The number of carbonyl (C=O) groups excluding carboxylic acids is 2. The lowest BCUT2D eigenvalue weighted by molar-refractivity contribution is -0.132. The van der Waals surface area contributed by atoms with Gasteiger partial charge in [0.2, 0.25) is 5.91 Å². The molecule has 0 spiro atoms. The average Bonchev–Trinajstić information content (AvgIpc) is 3.32. The third-order valence-electron chi connectivity index (χ3n) is 7.30. The van der Waals surface area contributed by atoms with Crippen molar-refractivity contribution < 1.29 is 14.3 Å². The normalized spacial score (nSPS) is 16.3. The van der Waals surface area contributed by atoms with Crippen LogP contribution in [0.3, 0.4) is 0 Å². The van der Waals surface area contributed by atoms with Gasteiger partial charge in [0.25, 0.3) is 0 Å². The van der Waals surface area contributed by atoms with Crippen molar-refractivity contribution in [3.63, 3.8) is 0 Å². The molecule has 2 atom stereocenters. The molecule has 1 fully saturated rings. The third-order valence-corrected chi connectivity index (χ3v) is 7.30. The summed E-state index contributed by atoms with van der Waals surface area (Å²) in [6, 6.07) is 15.2. The van der Waals surface area contributed by atoms with Gasteiger partial charge >= 0.3 is 6.03 Å². The predicted octanol–water partition coefficient (Wildman–Crippen LogP) is 4.27. The Morgan fingerprint density at radius 1 is 1.18 bits per heavy atom. The van der Waals surface area contributed by atoms with E-state index in [1.54, 1.807) is 7.11 Å². The number of benzene rings is 2. The van der Waals surface area contributed by atoms with Crippen molar-refractivity contribution in [2.45, 2.75) is 64.0 Å². The molecule has 1 aromatic heterocycles. The smallest absolute Gasteiger partial charge is 0.319 e. The van der Waals surface area contributed by atoms with E-state index in [0.717, 1.165) is 66.8 Å². The van der Waals surface area contributed by atoms with Crippen LogP contribution in [0.25, 0.3) is 11.0 Å². The number of nitrogens with one attached hydrogen (secondary N) is 2. The Morgan fingerprint density at radius 3 is 2.79 bits per heavy atom. The number of imidazole rings is 1. The van der Waals surface area contributed by atoms with Crippen LogP contribution < -0.4 is 16.4 Å². The Labute approximate surface area is 231 Å². The molecule has 4 rings (SSSR count). The SMILES string of the molecule is CCCc1ccccc1NC(=O)NCC(N)CC(=O)N1CCCC(c2nc3ccccc3n2CCCOC)C1. The number of amides is 3. The Bertz CT molecular complexity index is 1240. The zero-order valence-corrected chi connectivity index (χ0v) is 23.2. The second-order valence-electron chi connectivity index (χ2n) is 10.3. The van der Waals surface area contributed by atoms with Crippen molar-refractivity contribution >= 4 is 28.7 Å². The highest BCUT2D eigenvalue weighted by Crippen LogP contribution is 2.30. The van der Waals surface area contributed by atoms with Crippen LogP contribution >= 0.6 is 0 Å². The molecule has 4 N–H and O–H groups in total. The summed E-state index contributed by atoms with van der Waals surface area (Å²) >= 11 is 0. The van der Waals surface area contributed by atoms with Crippen LogP contribution in [0, 0.1) is 0 Å². The Morgan fingerprint density at radius 2 is 1.97 bits per heavy atom. The van der Waals surface area contributed by atoms with E-state index in [4.69, 9.17) is 15.5 Å². The number of likely N-dealkylation sites (tertiary alicyclic amines) is 1. The molecule has 2 unspecified atom stereocenters. The maximum Gasteiger partial charge on any atom is 0.319 e. The molecule has 0 saturated carbocycles. The Balaban J connectivity index is 1.32. The fraction of sp³-hybridized carbons (Fsp3) is 0.500. The van der Waals surface area contributed by atoms with Crippen LogP contribution in [0.2, 0.25) is 0 Å². The van der Waals surface area contributed by atoms with E-state index >= 15 is 0 Å². The van der Waals surface area contributed by atoms with Crippen LogP contribution in [0.15, 0.2) is 48.5 Å². The molecule has 2 aromatic carbocycles. The maximum atomic E-state index is 13.2. The van der Waals surface area contributed by atoms with Gasteiger partial charge in [-0.3, -0.25) is 4.79 Å². The summed E-state index contributed by atoms with van der Waals surface area (Å²) in [6.07, 6.45) is 4.89. The molecule has 3 aromatic rings. The zero-order valence-electron chi connectivity index (χ0n) is 23.2. The number of aromatic nitrogens is 2. The predicted molar refractivity (Wildman–Crippen MR) is 155 cm³/mol. The molecule has 39 heavy (non-hydrogen) atoms. The lowest BCUT2D eigenvalue weighted by Crippen LogP contribution is -2.45. The molecule has 0 radical (unpaired) electrons. The molecule has 9 heteroatoms. The first-order valence-electron chi connectivity index (χ1n) is 14.1. The van der Waals surface area contributed by atoms with Crippen molar-refractivity contribution in [2.24, 2.45) is 5.73 Å². The van der Waals surface area contributed by atoms with E-state index in [-0.39, 0.29) is 30.8 Å². The van der Waals surface area contributed by atoms with Gasteiger partial charge in [0.05, 0.1) is 11.0 Å². The van der Waals surface area contributed by atoms with E-state index in [1.807, 2.05) is 47.4 Å². The molecule has 3 amide bonds. The number of aryl methyl sites for hydroxylation is 2. The van der Waals surface area contributed by atoms with Gasteiger partial charge in [-0.2, -0.15) is 0 Å². The number of anilines is 1. The summed E-state index contributed by atoms with van der Waals surface area (Å²) in [5.41, 5.74) is 10.3. The van der Waals surface area contributed by atoms with Crippen molar-refractivity contribution in [2.75, 3.05) is 38.7 Å². The topological polar surface area (TPSA) is 115 Å². The molecule has 1 saturated heterocycles. The standard InChI is InChI=1S/C30H42N6O3/c1-3-10-22-11-4-5-13-25(22)34-30(38)32-20-24(31)19-28(37)35-16-8-12-23(21-35)29-33-26-14-6-7-15-27(26)36(29)17-9-18-39-2/h4-7,11,13-15,23-24H,3,8-10,12,16-21,31H2,1-2H3,(H2,32,34,38). The van der Waals surface area contributed by atoms with Crippen LogP contribution in [0.5, 0.6) is 0 Å². The number of fused-ring (bicyclic) bond motifs is 1. The minimum atomic E-state index is -0.465. The minimum Gasteiger partial charge on any atom is -0.385 e. The van der Waals surface area contributed by atoms with Gasteiger partial charge in [-0.15, -0.1) is 0 Å². The number of nitrogens with zero attached hydrogens (tertiary/aromatic N) is 3. The van der Waals surface area contributed by atoms with Crippen molar-refractivity contribution in [3.05, 3.63) is 59.9 Å². The first kappa shape index (κ1) is 28.6. The number of nitrogens with two attached hydrogens (primary N) is 1. The summed E-state index contributed by atoms with van der Waals surface area (Å²) in [4.78, 5) is 32.5. The largest absolute Gasteiger partial charge is 0.385 e. The van der Waals surface area contributed by atoms with Gasteiger partial charge < -0.3 is 30.6 Å². The summed E-state index contributed by atoms with van der Waals surface area (Å²) in [7, 11) is 1.72. The monoisotopic (exact) mass is 534 g/mol. The van der Waals surface area contributed by atoms with E-state index in [0.29, 0.717) is 19.7 Å². The van der Waals surface area contributed by atoms with Crippen molar-refractivity contribution in [1.29, 1.82) is 0 Å². The lowest BCUT2D eigenvalue weighted by atomic mass is 9.96. The first-order valence-corrected chi connectivity index (χ1v) is 14.1. The number of rotatable bonds is 12. The molecule has 0 bridgehead atoms. The van der Waals surface area contributed by atoms with E-state index < -0.39 is 6.04 Å². The number of methoxy groups -OCH3 is 1. The van der Waals surface area contributed by atoms with Crippen LogP contribution in [-0.4, -0.2) is 65.8 Å². The van der Waals surface area contributed by atoms with Crippen LogP contribution in [-0.2, 0) is 22.5 Å². The van der Waals surface area contributed by atoms with Gasteiger partial charge in [0.15, 0.2) is 0 Å². The lowest BCUT2D eigenvalue weighted by Gasteiger charge is -2.33. The summed E-state index contributed by atoms with van der Waals surface area (Å²) < 4.78 is 7.57. The highest BCUT2D eigenvalue weighted by atomic mass is 16.5. The van der Waals surface area contributed by atoms with Gasteiger partial charge in [-0.1, -0.05) is 43.7 Å². The van der Waals surface area contributed by atoms with Gasteiger partial charge in [0, 0.05) is 64.0 Å². The Kier molecular flexibility index (Phi) is 10.3. The second kappa shape index (κ2) is 14.1. The summed E-state index contributed by atoms with van der Waals surface area (Å²) in [6.45, 7) is 5.19. The molecular formula is C30H42N6O3. The number of hydrogen-bond donors (Lipinski definition) is 3. The van der Waals surface area contributed by atoms with Crippen molar-refractivity contribution in [1.82, 2.24) is 19.8 Å². The maximum absolute atomic E-state index is 13.2. The van der Waals surface area contributed by atoms with Gasteiger partial charge in [-0.05, 0) is 49.4 Å². The quantitative estimate of drug-likeness (QED) is 0.300. The molecule has 1 aliphatic heterocycles. The van der Waals surface area contributed by atoms with Gasteiger partial charge in [0.1, 0.15) is 5.82 Å². The number of hydrogen-bond acceptors (Lipinski definition) is 5.